The molecule has 0 saturated heterocycles. The Balaban J connectivity index is 1.62. The Hall–Kier alpha value is -2.64. The van der Waals surface area contributed by atoms with Crippen molar-refractivity contribution in [3.05, 3.63) is 59.0 Å². The zero-order valence-corrected chi connectivity index (χ0v) is 16.0. The van der Waals surface area contributed by atoms with Gasteiger partial charge in [0.15, 0.2) is 5.11 Å². The van der Waals surface area contributed by atoms with Crippen LogP contribution in [0.1, 0.15) is 15.2 Å². The number of anilines is 1. The minimum Gasteiger partial charge on any atom is -0.497 e. The molecule has 26 heavy (non-hydrogen) atoms. The number of thiocarbonyl (C=S) groups is 1. The molecule has 1 heterocycles. The summed E-state index contributed by atoms with van der Waals surface area (Å²) in [5.41, 5.74) is 1.96. The van der Waals surface area contributed by atoms with Crippen LogP contribution in [0.15, 0.2) is 48.5 Å². The van der Waals surface area contributed by atoms with Crippen molar-refractivity contribution in [2.45, 2.75) is 6.54 Å². The third-order valence-corrected chi connectivity index (χ3v) is 5.12. The second-order valence-electron chi connectivity index (χ2n) is 5.51. The molecule has 0 unspecified atom stereocenters. The average molecular weight is 386 g/mol. The molecule has 1 aromatic heterocycles. The molecule has 5 nitrogen and oxygen atoms in total. The standard InChI is InChI=1S/C19H18N2O3S2/c1-23-15-6-3-12(4-7-15)11-20-19(25)21-14-5-8-16-13(9-14)10-17(26-16)18(22)24-2/h3-10H,11H2,1-2H3,(H2,20,21,25). The number of nitrogens with one attached hydrogen (secondary N) is 2. The number of ether oxygens (including phenoxy) is 2. The van der Waals surface area contributed by atoms with Gasteiger partial charge in [0.2, 0.25) is 0 Å². The Bertz CT molecular complexity index is 936. The molecule has 3 rings (SSSR count). The molecule has 2 aromatic carbocycles. The highest BCUT2D eigenvalue weighted by Crippen LogP contribution is 2.28. The maximum atomic E-state index is 11.6. The Morgan fingerprint density at radius 1 is 1.12 bits per heavy atom. The summed E-state index contributed by atoms with van der Waals surface area (Å²) in [6.07, 6.45) is 0. The summed E-state index contributed by atoms with van der Waals surface area (Å²) in [5, 5.41) is 7.84. The molecular weight excluding hydrogens is 368 g/mol. The molecule has 0 fully saturated rings. The van der Waals surface area contributed by atoms with Crippen molar-refractivity contribution in [3.63, 3.8) is 0 Å². The van der Waals surface area contributed by atoms with Crippen molar-refractivity contribution in [3.8, 4) is 5.75 Å². The predicted molar refractivity (Wildman–Crippen MR) is 109 cm³/mol. The maximum absolute atomic E-state index is 11.6. The van der Waals surface area contributed by atoms with Crippen molar-refractivity contribution in [1.29, 1.82) is 0 Å². The lowest BCUT2D eigenvalue weighted by Gasteiger charge is -2.11. The zero-order chi connectivity index (χ0) is 18.5. The van der Waals surface area contributed by atoms with Crippen LogP contribution < -0.4 is 15.4 Å². The number of carbonyl (C=O) groups is 1. The number of carbonyl (C=O) groups excluding carboxylic acids is 1. The molecule has 0 amide bonds. The number of hydrogen-bond acceptors (Lipinski definition) is 5. The Kier molecular flexibility index (Phi) is 5.70. The van der Waals surface area contributed by atoms with E-state index in [2.05, 4.69) is 10.6 Å². The Labute approximate surface area is 160 Å². The molecular formula is C19H18N2O3S2. The lowest BCUT2D eigenvalue weighted by atomic mass is 10.2. The fraction of sp³-hybridized carbons (Fsp3) is 0.158. The van der Waals surface area contributed by atoms with Crippen molar-refractivity contribution in [2.75, 3.05) is 19.5 Å². The van der Waals surface area contributed by atoms with E-state index in [1.807, 2.05) is 48.5 Å². The molecule has 3 aromatic rings. The monoisotopic (exact) mass is 386 g/mol. The molecule has 134 valence electrons. The number of rotatable bonds is 5. The molecule has 0 saturated carbocycles. The molecule has 2 N–H and O–H groups in total. The predicted octanol–water partition coefficient (Wildman–Crippen LogP) is 4.18. The van der Waals surface area contributed by atoms with Gasteiger partial charge in [-0.1, -0.05) is 12.1 Å². The van der Waals surface area contributed by atoms with E-state index in [9.17, 15) is 4.79 Å². The van der Waals surface area contributed by atoms with E-state index >= 15 is 0 Å². The highest BCUT2D eigenvalue weighted by Gasteiger charge is 2.10. The zero-order valence-electron chi connectivity index (χ0n) is 14.4. The van der Waals surface area contributed by atoms with Crippen molar-refractivity contribution < 1.29 is 14.3 Å². The Morgan fingerprint density at radius 2 is 1.88 bits per heavy atom. The highest BCUT2D eigenvalue weighted by atomic mass is 32.1. The molecule has 0 radical (unpaired) electrons. The highest BCUT2D eigenvalue weighted by molar-refractivity contribution is 7.80. The summed E-state index contributed by atoms with van der Waals surface area (Å²) < 4.78 is 10.9. The molecule has 0 aliphatic carbocycles. The van der Waals surface area contributed by atoms with Crippen LogP contribution in [0, 0.1) is 0 Å². The van der Waals surface area contributed by atoms with Crippen LogP contribution in [0.4, 0.5) is 5.69 Å². The minimum absolute atomic E-state index is 0.322. The molecule has 0 bridgehead atoms. The van der Waals surface area contributed by atoms with Crippen molar-refractivity contribution >= 4 is 50.4 Å². The fourth-order valence-electron chi connectivity index (χ4n) is 2.42. The SMILES string of the molecule is COC(=O)c1cc2cc(NC(=S)NCc3ccc(OC)cc3)ccc2s1. The number of fused-ring (bicyclic) bond motifs is 1. The fourth-order valence-corrected chi connectivity index (χ4v) is 3.57. The van der Waals surface area contributed by atoms with E-state index in [4.69, 9.17) is 21.7 Å². The summed E-state index contributed by atoms with van der Waals surface area (Å²) in [7, 11) is 3.03. The summed E-state index contributed by atoms with van der Waals surface area (Å²) in [6, 6.07) is 15.5. The Morgan fingerprint density at radius 3 is 2.58 bits per heavy atom. The van der Waals surface area contributed by atoms with Gasteiger partial charge in [-0.25, -0.2) is 4.79 Å². The first-order chi connectivity index (χ1) is 12.6. The lowest BCUT2D eigenvalue weighted by Crippen LogP contribution is -2.27. The number of esters is 1. The number of methoxy groups -OCH3 is 2. The van der Waals surface area contributed by atoms with Crippen LogP contribution in [-0.2, 0) is 11.3 Å². The van der Waals surface area contributed by atoms with Gasteiger partial charge in [-0.3, -0.25) is 0 Å². The third-order valence-electron chi connectivity index (χ3n) is 3.77. The topological polar surface area (TPSA) is 59.6 Å². The van der Waals surface area contributed by atoms with E-state index in [-0.39, 0.29) is 5.97 Å². The van der Waals surface area contributed by atoms with E-state index in [1.54, 1.807) is 7.11 Å². The molecule has 0 aliphatic rings. The number of thiophene rings is 1. The van der Waals surface area contributed by atoms with Gasteiger partial charge in [-0.15, -0.1) is 11.3 Å². The van der Waals surface area contributed by atoms with Crippen LogP contribution in [0.2, 0.25) is 0 Å². The van der Waals surface area contributed by atoms with Crippen molar-refractivity contribution in [2.24, 2.45) is 0 Å². The van der Waals surface area contributed by atoms with Gasteiger partial charge in [0.05, 0.1) is 14.2 Å². The lowest BCUT2D eigenvalue weighted by molar-refractivity contribution is 0.0606. The maximum Gasteiger partial charge on any atom is 0.348 e. The molecule has 0 aliphatic heterocycles. The van der Waals surface area contributed by atoms with Crippen LogP contribution in [0.5, 0.6) is 5.75 Å². The van der Waals surface area contributed by atoms with Crippen LogP contribution in [0.25, 0.3) is 10.1 Å². The minimum atomic E-state index is -0.322. The van der Waals surface area contributed by atoms with E-state index in [1.165, 1.54) is 18.4 Å². The van der Waals surface area contributed by atoms with Gasteiger partial charge >= 0.3 is 5.97 Å². The second kappa shape index (κ2) is 8.16. The summed E-state index contributed by atoms with van der Waals surface area (Å²) >= 11 is 6.76. The van der Waals surface area contributed by atoms with Crippen LogP contribution >= 0.6 is 23.6 Å². The molecule has 0 atom stereocenters. The summed E-state index contributed by atoms with van der Waals surface area (Å²) in [5.74, 6) is 0.502. The van der Waals surface area contributed by atoms with Gasteiger partial charge in [0, 0.05) is 16.9 Å². The average Bonchev–Trinajstić information content (AvgIpc) is 3.09. The van der Waals surface area contributed by atoms with Crippen molar-refractivity contribution in [1.82, 2.24) is 5.32 Å². The molecule has 0 spiro atoms. The van der Waals surface area contributed by atoms with Gasteiger partial charge < -0.3 is 20.1 Å². The van der Waals surface area contributed by atoms with Gasteiger partial charge in [-0.05, 0) is 59.6 Å². The summed E-state index contributed by atoms with van der Waals surface area (Å²) in [6.45, 7) is 0.614. The quantitative estimate of drug-likeness (QED) is 0.507. The second-order valence-corrected chi connectivity index (χ2v) is 7.00. The first kappa shape index (κ1) is 18.2. The number of hydrogen-bond donors (Lipinski definition) is 2. The normalized spacial score (nSPS) is 10.4. The largest absolute Gasteiger partial charge is 0.497 e. The van der Waals surface area contributed by atoms with E-state index in [0.29, 0.717) is 16.5 Å². The first-order valence-corrected chi connectivity index (χ1v) is 9.11. The van der Waals surface area contributed by atoms with Crippen LogP contribution in [-0.4, -0.2) is 25.3 Å². The smallest absolute Gasteiger partial charge is 0.348 e. The number of benzene rings is 2. The third kappa shape index (κ3) is 4.30. The van der Waals surface area contributed by atoms with E-state index in [0.717, 1.165) is 27.1 Å². The summed E-state index contributed by atoms with van der Waals surface area (Å²) in [4.78, 5) is 12.2. The van der Waals surface area contributed by atoms with Crippen LogP contribution in [0.3, 0.4) is 0 Å². The molecule has 7 heteroatoms. The first-order valence-electron chi connectivity index (χ1n) is 7.89. The van der Waals surface area contributed by atoms with Gasteiger partial charge in [-0.2, -0.15) is 0 Å². The van der Waals surface area contributed by atoms with E-state index < -0.39 is 0 Å². The van der Waals surface area contributed by atoms with Gasteiger partial charge in [0.1, 0.15) is 10.6 Å². The van der Waals surface area contributed by atoms with Gasteiger partial charge in [0.25, 0.3) is 0 Å².